The summed E-state index contributed by atoms with van der Waals surface area (Å²) in [6.07, 6.45) is 4.01. The third kappa shape index (κ3) is 1.89. The van der Waals surface area contributed by atoms with Crippen LogP contribution in [0.1, 0.15) is 39.9 Å². The lowest BCUT2D eigenvalue weighted by Crippen LogP contribution is -2.13. The number of methoxy groups -OCH3 is 1. The highest BCUT2D eigenvalue weighted by molar-refractivity contribution is 6.33. The average molecular weight is 255 g/mol. The molecule has 92 valence electrons. The summed E-state index contributed by atoms with van der Waals surface area (Å²) in [5.41, 5.74) is 3.17. The molecule has 0 fully saturated rings. The number of ether oxygens (including phenoxy) is 1. The molecule has 1 aliphatic rings. The molecule has 0 amide bonds. The van der Waals surface area contributed by atoms with Gasteiger partial charge in [0.15, 0.2) is 5.75 Å². The van der Waals surface area contributed by atoms with E-state index in [1.807, 2.05) is 6.92 Å². The quantitative estimate of drug-likeness (QED) is 0.881. The number of rotatable bonds is 2. The van der Waals surface area contributed by atoms with Gasteiger partial charge in [0.2, 0.25) is 0 Å². The predicted molar refractivity (Wildman–Crippen MR) is 66.3 cm³/mol. The number of halogens is 1. The molecule has 0 unspecified atom stereocenters. The molecule has 2 rings (SSSR count). The summed E-state index contributed by atoms with van der Waals surface area (Å²) in [7, 11) is 1.46. The summed E-state index contributed by atoms with van der Waals surface area (Å²) in [5, 5.41) is 9.74. The lowest BCUT2D eigenvalue weighted by Gasteiger charge is -2.23. The van der Waals surface area contributed by atoms with Crippen LogP contribution in [0.3, 0.4) is 0 Å². The highest BCUT2D eigenvalue weighted by Gasteiger charge is 2.26. The van der Waals surface area contributed by atoms with E-state index in [0.717, 1.165) is 42.4 Å². The third-order valence-corrected chi connectivity index (χ3v) is 3.80. The first kappa shape index (κ1) is 12.2. The summed E-state index contributed by atoms with van der Waals surface area (Å²) < 4.78 is 5.17. The van der Waals surface area contributed by atoms with Crippen molar-refractivity contribution >= 4 is 17.6 Å². The van der Waals surface area contributed by atoms with Crippen LogP contribution >= 0.6 is 11.6 Å². The van der Waals surface area contributed by atoms with E-state index in [2.05, 4.69) is 0 Å². The Morgan fingerprint density at radius 2 is 1.88 bits per heavy atom. The molecular formula is C13H15ClO3. The average Bonchev–Trinajstić information content (AvgIpc) is 2.33. The lowest BCUT2D eigenvalue weighted by atomic mass is 9.86. The number of benzene rings is 1. The van der Waals surface area contributed by atoms with Gasteiger partial charge in [-0.2, -0.15) is 0 Å². The van der Waals surface area contributed by atoms with Gasteiger partial charge in [-0.1, -0.05) is 11.6 Å². The van der Waals surface area contributed by atoms with Gasteiger partial charge in [-0.15, -0.1) is 0 Å². The first-order valence-electron chi connectivity index (χ1n) is 5.69. The fraction of sp³-hybridized carbons (Fsp3) is 0.462. The zero-order chi connectivity index (χ0) is 12.6. The monoisotopic (exact) mass is 254 g/mol. The van der Waals surface area contributed by atoms with Crippen LogP contribution in [-0.4, -0.2) is 18.2 Å². The van der Waals surface area contributed by atoms with Crippen molar-refractivity contribution in [1.82, 2.24) is 0 Å². The summed E-state index contributed by atoms with van der Waals surface area (Å²) in [6, 6.07) is 0. The highest BCUT2D eigenvalue weighted by atomic mass is 35.5. The molecule has 0 aliphatic heterocycles. The minimum Gasteiger partial charge on any atom is -0.494 e. The van der Waals surface area contributed by atoms with Gasteiger partial charge in [0.1, 0.15) is 5.56 Å². The number of fused-ring (bicyclic) bond motifs is 1. The normalized spacial score (nSPS) is 14.3. The van der Waals surface area contributed by atoms with Crippen molar-refractivity contribution in [2.45, 2.75) is 32.6 Å². The standard InChI is InChI=1S/C13H15ClO3/c1-7-8-5-3-4-6-9(8)11(14)12(17-2)10(7)13(15)16/h3-6H2,1-2H3,(H,15,16). The molecule has 17 heavy (non-hydrogen) atoms. The van der Waals surface area contributed by atoms with Crippen molar-refractivity contribution in [3.05, 3.63) is 27.3 Å². The first-order valence-corrected chi connectivity index (χ1v) is 6.06. The van der Waals surface area contributed by atoms with E-state index in [1.165, 1.54) is 7.11 Å². The second-order valence-electron chi connectivity index (χ2n) is 4.32. The topological polar surface area (TPSA) is 46.5 Å². The van der Waals surface area contributed by atoms with E-state index >= 15 is 0 Å². The van der Waals surface area contributed by atoms with Gasteiger partial charge in [0, 0.05) is 0 Å². The van der Waals surface area contributed by atoms with Crippen molar-refractivity contribution < 1.29 is 14.6 Å². The second kappa shape index (κ2) is 4.57. The minimum atomic E-state index is -0.977. The van der Waals surface area contributed by atoms with Gasteiger partial charge in [-0.3, -0.25) is 0 Å². The molecule has 1 aromatic carbocycles. The van der Waals surface area contributed by atoms with Crippen LogP contribution in [0.2, 0.25) is 5.02 Å². The van der Waals surface area contributed by atoms with Crippen LogP contribution < -0.4 is 4.74 Å². The van der Waals surface area contributed by atoms with Gasteiger partial charge >= 0.3 is 5.97 Å². The maximum atomic E-state index is 11.3. The third-order valence-electron chi connectivity index (χ3n) is 3.40. The number of hydrogen-bond donors (Lipinski definition) is 1. The number of carboxylic acid groups (broad SMARTS) is 1. The van der Waals surface area contributed by atoms with E-state index in [-0.39, 0.29) is 5.56 Å². The van der Waals surface area contributed by atoms with E-state index in [1.54, 1.807) is 0 Å². The summed E-state index contributed by atoms with van der Waals surface area (Å²) in [5.74, 6) is -0.674. The van der Waals surface area contributed by atoms with Crippen molar-refractivity contribution in [1.29, 1.82) is 0 Å². The number of carbonyl (C=O) groups is 1. The molecule has 0 atom stereocenters. The molecule has 3 nitrogen and oxygen atoms in total. The lowest BCUT2D eigenvalue weighted by molar-refractivity contribution is 0.0692. The predicted octanol–water partition coefficient (Wildman–Crippen LogP) is 3.23. The Hall–Kier alpha value is -1.22. The molecule has 1 aromatic rings. The smallest absolute Gasteiger partial charge is 0.339 e. The number of aromatic carboxylic acids is 1. The molecular weight excluding hydrogens is 240 g/mol. The molecule has 1 N–H and O–H groups in total. The maximum Gasteiger partial charge on any atom is 0.339 e. The second-order valence-corrected chi connectivity index (χ2v) is 4.69. The van der Waals surface area contributed by atoms with Crippen molar-refractivity contribution in [3.63, 3.8) is 0 Å². The van der Waals surface area contributed by atoms with Gasteiger partial charge in [-0.05, 0) is 49.3 Å². The Bertz CT molecular complexity index is 480. The molecule has 0 heterocycles. The number of hydrogen-bond acceptors (Lipinski definition) is 2. The fourth-order valence-electron chi connectivity index (χ4n) is 2.58. The molecule has 4 heteroatoms. The fourth-order valence-corrected chi connectivity index (χ4v) is 2.96. The van der Waals surface area contributed by atoms with Crippen LogP contribution in [0.5, 0.6) is 5.75 Å². The Labute approximate surface area is 105 Å². The zero-order valence-electron chi connectivity index (χ0n) is 9.97. The van der Waals surface area contributed by atoms with Crippen LogP contribution in [0, 0.1) is 6.92 Å². The highest BCUT2D eigenvalue weighted by Crippen LogP contribution is 2.40. The van der Waals surface area contributed by atoms with E-state index < -0.39 is 5.97 Å². The van der Waals surface area contributed by atoms with Crippen molar-refractivity contribution in [2.75, 3.05) is 7.11 Å². The molecule has 0 saturated heterocycles. The summed E-state index contributed by atoms with van der Waals surface area (Å²) >= 11 is 6.26. The van der Waals surface area contributed by atoms with Crippen LogP contribution in [-0.2, 0) is 12.8 Å². The Kier molecular flexibility index (Phi) is 3.29. The van der Waals surface area contributed by atoms with Gasteiger partial charge in [-0.25, -0.2) is 4.79 Å². The number of carboxylic acids is 1. The van der Waals surface area contributed by atoms with Crippen LogP contribution in [0.15, 0.2) is 0 Å². The molecule has 0 bridgehead atoms. The van der Waals surface area contributed by atoms with Gasteiger partial charge < -0.3 is 9.84 Å². The van der Waals surface area contributed by atoms with E-state index in [9.17, 15) is 9.90 Å². The van der Waals surface area contributed by atoms with Crippen LogP contribution in [0.25, 0.3) is 0 Å². The largest absolute Gasteiger partial charge is 0.494 e. The maximum absolute atomic E-state index is 11.3. The van der Waals surface area contributed by atoms with Gasteiger partial charge in [0.25, 0.3) is 0 Å². The first-order chi connectivity index (χ1) is 8.07. The minimum absolute atomic E-state index is 0.207. The zero-order valence-corrected chi connectivity index (χ0v) is 10.7. The Morgan fingerprint density at radius 1 is 1.29 bits per heavy atom. The summed E-state index contributed by atoms with van der Waals surface area (Å²) in [6.45, 7) is 1.84. The van der Waals surface area contributed by atoms with E-state index in [0.29, 0.717) is 10.8 Å². The van der Waals surface area contributed by atoms with Crippen molar-refractivity contribution in [3.8, 4) is 5.75 Å². The molecule has 0 aromatic heterocycles. The molecule has 0 spiro atoms. The van der Waals surface area contributed by atoms with E-state index in [4.69, 9.17) is 16.3 Å². The molecule has 0 radical (unpaired) electrons. The molecule has 0 saturated carbocycles. The molecule has 1 aliphatic carbocycles. The van der Waals surface area contributed by atoms with Crippen molar-refractivity contribution in [2.24, 2.45) is 0 Å². The van der Waals surface area contributed by atoms with Crippen LogP contribution in [0.4, 0.5) is 0 Å². The Balaban J connectivity index is 2.76. The Morgan fingerprint density at radius 3 is 2.41 bits per heavy atom. The van der Waals surface area contributed by atoms with Gasteiger partial charge in [0.05, 0.1) is 12.1 Å². The SMILES string of the molecule is COc1c(Cl)c2c(c(C)c1C(=O)O)CCCC2. The summed E-state index contributed by atoms with van der Waals surface area (Å²) in [4.78, 5) is 11.3.